The van der Waals surface area contributed by atoms with Crippen molar-refractivity contribution in [3.05, 3.63) is 48.3 Å². The molecule has 0 radical (unpaired) electrons. The van der Waals surface area contributed by atoms with Crippen LogP contribution in [0.25, 0.3) is 0 Å². The van der Waals surface area contributed by atoms with E-state index in [2.05, 4.69) is 26.8 Å². The van der Waals surface area contributed by atoms with Crippen molar-refractivity contribution in [2.24, 2.45) is 0 Å². The van der Waals surface area contributed by atoms with Gasteiger partial charge in [-0.05, 0) is 19.0 Å². The molecule has 1 fully saturated rings. The molecule has 2 heterocycles. The molecule has 0 bridgehead atoms. The molecule has 0 amide bonds. The Labute approximate surface area is 146 Å². The van der Waals surface area contributed by atoms with Crippen molar-refractivity contribution in [1.29, 1.82) is 0 Å². The van der Waals surface area contributed by atoms with Crippen LogP contribution in [0.2, 0.25) is 0 Å². The summed E-state index contributed by atoms with van der Waals surface area (Å²) in [5.41, 5.74) is 1.23. The Bertz CT molecular complexity index is 784. The maximum absolute atomic E-state index is 11.9. The van der Waals surface area contributed by atoms with E-state index < -0.39 is 15.3 Å². The lowest BCUT2D eigenvalue weighted by Crippen LogP contribution is -2.34. The van der Waals surface area contributed by atoms with Crippen molar-refractivity contribution >= 4 is 27.6 Å². The predicted octanol–water partition coefficient (Wildman–Crippen LogP) is 1.90. The van der Waals surface area contributed by atoms with Gasteiger partial charge in [0.25, 0.3) is 0 Å². The molecule has 2 aromatic rings. The number of thioether (sulfide) groups is 1. The minimum absolute atomic E-state index is 0.398. The minimum atomic E-state index is -3.24. The first-order valence-electron chi connectivity index (χ1n) is 7.74. The molecule has 1 saturated heterocycles. The third-order valence-corrected chi connectivity index (χ3v) is 6.82. The largest absolute Gasteiger partial charge is 0.354 e. The molecule has 0 aliphatic carbocycles. The third kappa shape index (κ3) is 4.06. The van der Waals surface area contributed by atoms with E-state index in [9.17, 15) is 8.42 Å². The summed E-state index contributed by atoms with van der Waals surface area (Å²) in [6.07, 6.45) is 4.04. The van der Waals surface area contributed by atoms with E-state index in [0.29, 0.717) is 19.5 Å². The van der Waals surface area contributed by atoms with Crippen LogP contribution in [0.15, 0.2) is 47.8 Å². The highest BCUT2D eigenvalue weighted by atomic mass is 32.2. The Morgan fingerprint density at radius 3 is 2.83 bits per heavy atom. The maximum atomic E-state index is 11.9. The van der Waals surface area contributed by atoms with E-state index >= 15 is 0 Å². The van der Waals surface area contributed by atoms with Gasteiger partial charge >= 0.3 is 0 Å². The zero-order valence-electron chi connectivity index (χ0n) is 13.4. The summed E-state index contributed by atoms with van der Waals surface area (Å²) >= 11 is 1.63. The SMILES string of the molecule is CNS(=O)(=O)C1CCN(c2cncc(SCc3ccccc3)n2)C1. The lowest BCUT2D eigenvalue weighted by atomic mass is 10.2. The Morgan fingerprint density at radius 2 is 2.08 bits per heavy atom. The lowest BCUT2D eigenvalue weighted by Gasteiger charge is -2.17. The predicted molar refractivity (Wildman–Crippen MR) is 96.6 cm³/mol. The Balaban J connectivity index is 1.65. The molecule has 0 spiro atoms. The summed E-state index contributed by atoms with van der Waals surface area (Å²) in [4.78, 5) is 10.9. The van der Waals surface area contributed by atoms with Crippen LogP contribution in [0, 0.1) is 0 Å². The van der Waals surface area contributed by atoms with Gasteiger partial charge in [-0.25, -0.2) is 18.1 Å². The van der Waals surface area contributed by atoms with Crippen molar-refractivity contribution in [2.45, 2.75) is 22.4 Å². The quantitative estimate of drug-likeness (QED) is 0.789. The summed E-state index contributed by atoms with van der Waals surface area (Å²) in [7, 11) is -1.78. The van der Waals surface area contributed by atoms with Gasteiger partial charge in [-0.2, -0.15) is 0 Å². The Kier molecular flexibility index (Phi) is 5.37. The number of aromatic nitrogens is 2. The van der Waals surface area contributed by atoms with Crippen molar-refractivity contribution in [1.82, 2.24) is 14.7 Å². The van der Waals surface area contributed by atoms with Crippen molar-refractivity contribution < 1.29 is 8.42 Å². The van der Waals surface area contributed by atoms with E-state index in [1.54, 1.807) is 24.2 Å². The van der Waals surface area contributed by atoms with Crippen molar-refractivity contribution in [3.8, 4) is 0 Å². The maximum Gasteiger partial charge on any atom is 0.216 e. The van der Waals surface area contributed by atoms with Crippen LogP contribution in [-0.2, 0) is 15.8 Å². The molecule has 0 saturated carbocycles. The van der Waals surface area contributed by atoms with Crippen molar-refractivity contribution in [3.63, 3.8) is 0 Å². The summed E-state index contributed by atoms with van der Waals surface area (Å²) in [5, 5.41) is 0.446. The number of hydrogen-bond acceptors (Lipinski definition) is 6. The number of sulfonamides is 1. The van der Waals surface area contributed by atoms with E-state index in [1.807, 2.05) is 23.1 Å². The van der Waals surface area contributed by atoms with E-state index in [0.717, 1.165) is 16.6 Å². The number of anilines is 1. The topological polar surface area (TPSA) is 75.2 Å². The molecule has 1 aromatic heterocycles. The second-order valence-electron chi connectivity index (χ2n) is 5.60. The molecule has 3 rings (SSSR count). The normalized spacial score (nSPS) is 18.0. The highest BCUT2D eigenvalue weighted by Gasteiger charge is 2.32. The van der Waals surface area contributed by atoms with Crippen molar-refractivity contribution in [2.75, 3.05) is 25.0 Å². The van der Waals surface area contributed by atoms with Gasteiger partial charge in [-0.3, -0.25) is 4.98 Å². The van der Waals surface area contributed by atoms with Crippen LogP contribution in [-0.4, -0.2) is 43.8 Å². The van der Waals surface area contributed by atoms with Crippen LogP contribution < -0.4 is 9.62 Å². The molecule has 1 aromatic carbocycles. The fourth-order valence-corrected chi connectivity index (χ4v) is 4.57. The fourth-order valence-electron chi connectivity index (χ4n) is 2.65. The molecular weight excluding hydrogens is 344 g/mol. The average molecular weight is 364 g/mol. The van der Waals surface area contributed by atoms with Gasteiger partial charge in [0.1, 0.15) is 10.8 Å². The molecule has 6 nitrogen and oxygen atoms in total. The highest BCUT2D eigenvalue weighted by molar-refractivity contribution is 7.98. The van der Waals surface area contributed by atoms with Gasteiger partial charge in [0, 0.05) is 18.8 Å². The summed E-state index contributed by atoms with van der Waals surface area (Å²) in [6, 6.07) is 10.2. The van der Waals surface area contributed by atoms with Gasteiger partial charge in [0.05, 0.1) is 17.6 Å². The second-order valence-corrected chi connectivity index (χ2v) is 8.76. The summed E-state index contributed by atoms with van der Waals surface area (Å²) in [6.45, 7) is 1.12. The number of nitrogens with zero attached hydrogens (tertiary/aromatic N) is 3. The Morgan fingerprint density at radius 1 is 1.29 bits per heavy atom. The van der Waals surface area contributed by atoms with E-state index in [1.165, 1.54) is 12.6 Å². The number of nitrogens with one attached hydrogen (secondary N) is 1. The van der Waals surface area contributed by atoms with Gasteiger partial charge in [-0.1, -0.05) is 30.3 Å². The van der Waals surface area contributed by atoms with E-state index in [4.69, 9.17) is 0 Å². The standard InChI is InChI=1S/C16H20N4O2S2/c1-17-24(21,22)14-7-8-20(11-14)15-9-18-10-16(19-15)23-12-13-5-3-2-4-6-13/h2-6,9-10,14,17H,7-8,11-12H2,1H3. The molecule has 128 valence electrons. The first-order chi connectivity index (χ1) is 11.6. The smallest absolute Gasteiger partial charge is 0.216 e. The first kappa shape index (κ1) is 17.2. The molecular formula is C16H20N4O2S2. The number of hydrogen-bond donors (Lipinski definition) is 1. The third-order valence-electron chi connectivity index (χ3n) is 4.02. The van der Waals surface area contributed by atoms with E-state index in [-0.39, 0.29) is 0 Å². The van der Waals surface area contributed by atoms with Crippen LogP contribution >= 0.6 is 11.8 Å². The van der Waals surface area contributed by atoms with Crippen LogP contribution in [0.3, 0.4) is 0 Å². The monoisotopic (exact) mass is 364 g/mol. The summed E-state index contributed by atoms with van der Waals surface area (Å²) < 4.78 is 26.3. The molecule has 1 N–H and O–H groups in total. The van der Waals surface area contributed by atoms with Gasteiger partial charge in [-0.15, -0.1) is 11.8 Å². The average Bonchev–Trinajstić information content (AvgIpc) is 3.12. The van der Waals surface area contributed by atoms with Gasteiger partial charge in [0.2, 0.25) is 10.0 Å². The molecule has 1 aliphatic heterocycles. The zero-order chi connectivity index (χ0) is 17.0. The minimum Gasteiger partial charge on any atom is -0.354 e. The number of rotatable bonds is 6. The molecule has 8 heteroatoms. The first-order valence-corrected chi connectivity index (χ1v) is 10.3. The van der Waals surface area contributed by atoms with Crippen LogP contribution in [0.1, 0.15) is 12.0 Å². The molecule has 1 aliphatic rings. The number of benzene rings is 1. The molecule has 24 heavy (non-hydrogen) atoms. The van der Waals surface area contributed by atoms with Gasteiger partial charge < -0.3 is 4.90 Å². The van der Waals surface area contributed by atoms with Gasteiger partial charge in [0.15, 0.2) is 0 Å². The van der Waals surface area contributed by atoms with Crippen LogP contribution in [0.4, 0.5) is 5.82 Å². The fraction of sp³-hybridized carbons (Fsp3) is 0.375. The second kappa shape index (κ2) is 7.50. The molecule has 1 atom stereocenters. The lowest BCUT2D eigenvalue weighted by molar-refractivity contribution is 0.575. The summed E-state index contributed by atoms with van der Waals surface area (Å²) in [5.74, 6) is 1.57. The molecule has 1 unspecified atom stereocenters. The highest BCUT2D eigenvalue weighted by Crippen LogP contribution is 2.25. The zero-order valence-corrected chi connectivity index (χ0v) is 15.1. The van der Waals surface area contributed by atoms with Crippen LogP contribution in [0.5, 0.6) is 0 Å². The Hall–Kier alpha value is -1.64.